The van der Waals surface area contributed by atoms with Gasteiger partial charge in [-0.1, -0.05) is 12.1 Å². The Morgan fingerprint density at radius 2 is 2.03 bits per heavy atom. The molecule has 0 amide bonds. The van der Waals surface area contributed by atoms with Gasteiger partial charge in [-0.25, -0.2) is 18.1 Å². The van der Waals surface area contributed by atoms with Gasteiger partial charge in [-0.2, -0.15) is 5.10 Å². The van der Waals surface area contributed by atoms with Gasteiger partial charge in [0.25, 0.3) is 0 Å². The van der Waals surface area contributed by atoms with Gasteiger partial charge < -0.3 is 9.30 Å². The van der Waals surface area contributed by atoms with Crippen LogP contribution in [-0.4, -0.2) is 58.7 Å². The number of hydrogen-bond donors (Lipinski definition) is 0. The van der Waals surface area contributed by atoms with E-state index in [0.717, 1.165) is 37.4 Å². The molecule has 1 aliphatic rings. The molecule has 0 saturated carbocycles. The second kappa shape index (κ2) is 8.71. The van der Waals surface area contributed by atoms with Gasteiger partial charge >= 0.3 is 0 Å². The second-order valence-corrected chi connectivity index (χ2v) is 9.75. The van der Waals surface area contributed by atoms with Crippen molar-refractivity contribution in [2.45, 2.75) is 43.7 Å². The molecule has 1 aliphatic heterocycles. The summed E-state index contributed by atoms with van der Waals surface area (Å²) in [7, 11) is -1.39. The molecule has 0 unspecified atom stereocenters. The minimum absolute atomic E-state index is 0.0404. The first-order chi connectivity index (χ1) is 14.4. The molecule has 1 saturated heterocycles. The largest absolute Gasteiger partial charge is 0.376 e. The zero-order valence-corrected chi connectivity index (χ0v) is 18.1. The number of rotatable bonds is 8. The summed E-state index contributed by atoms with van der Waals surface area (Å²) in [6.45, 7) is 2.58. The van der Waals surface area contributed by atoms with Crippen molar-refractivity contribution in [1.82, 2.24) is 24.2 Å². The van der Waals surface area contributed by atoms with Gasteiger partial charge in [0.05, 0.1) is 30.2 Å². The van der Waals surface area contributed by atoms with E-state index in [1.165, 1.54) is 11.8 Å². The number of imidazole rings is 1. The van der Waals surface area contributed by atoms with E-state index in [0.29, 0.717) is 13.1 Å². The van der Waals surface area contributed by atoms with Crippen molar-refractivity contribution in [2.75, 3.05) is 19.9 Å². The van der Waals surface area contributed by atoms with Gasteiger partial charge in [-0.05, 0) is 43.7 Å². The van der Waals surface area contributed by atoms with Crippen LogP contribution < -0.4 is 0 Å². The van der Waals surface area contributed by atoms with E-state index < -0.39 is 9.84 Å². The van der Waals surface area contributed by atoms with Crippen LogP contribution in [-0.2, 0) is 34.2 Å². The van der Waals surface area contributed by atoms with Crippen LogP contribution in [0.25, 0.3) is 5.69 Å². The minimum atomic E-state index is -3.41. The van der Waals surface area contributed by atoms with Crippen LogP contribution in [0.3, 0.4) is 0 Å². The third-order valence-electron chi connectivity index (χ3n) is 5.23. The molecule has 2 aromatic heterocycles. The van der Waals surface area contributed by atoms with Gasteiger partial charge in [-0.15, -0.1) is 0 Å². The molecule has 160 valence electrons. The summed E-state index contributed by atoms with van der Waals surface area (Å²) in [6.07, 6.45) is 8.54. The molecule has 3 aromatic rings. The monoisotopic (exact) mass is 429 g/mol. The maximum absolute atomic E-state index is 12.2. The molecule has 30 heavy (non-hydrogen) atoms. The average Bonchev–Trinajstić information content (AvgIpc) is 3.45. The highest BCUT2D eigenvalue weighted by Crippen LogP contribution is 2.20. The third-order valence-corrected chi connectivity index (χ3v) is 6.22. The fourth-order valence-corrected chi connectivity index (χ4v) is 4.66. The van der Waals surface area contributed by atoms with Crippen molar-refractivity contribution in [3.63, 3.8) is 0 Å². The molecule has 1 fully saturated rings. The van der Waals surface area contributed by atoms with Crippen molar-refractivity contribution in [2.24, 2.45) is 0 Å². The number of hydrogen-bond acceptors (Lipinski definition) is 6. The Balaban J connectivity index is 1.47. The second-order valence-electron chi connectivity index (χ2n) is 7.84. The summed E-state index contributed by atoms with van der Waals surface area (Å²) >= 11 is 0. The lowest BCUT2D eigenvalue weighted by Crippen LogP contribution is -2.24. The molecule has 0 bridgehead atoms. The molecular weight excluding hydrogens is 402 g/mol. The van der Waals surface area contributed by atoms with Gasteiger partial charge in [0, 0.05) is 38.3 Å². The first-order valence-electron chi connectivity index (χ1n) is 10.0. The topological polar surface area (TPSA) is 82.3 Å². The number of sulfone groups is 1. The molecule has 1 atom stereocenters. The Bertz CT molecular complexity index is 1070. The molecule has 0 aliphatic carbocycles. The van der Waals surface area contributed by atoms with Crippen LogP contribution in [0.2, 0.25) is 0 Å². The molecule has 8 nitrogen and oxygen atoms in total. The van der Waals surface area contributed by atoms with E-state index in [4.69, 9.17) is 4.74 Å². The summed E-state index contributed by atoms with van der Waals surface area (Å²) in [4.78, 5) is 6.36. The van der Waals surface area contributed by atoms with Crippen molar-refractivity contribution >= 4 is 9.84 Å². The van der Waals surface area contributed by atoms with E-state index in [-0.39, 0.29) is 11.3 Å². The number of nitrogens with zero attached hydrogens (tertiary/aromatic N) is 5. The predicted molar refractivity (Wildman–Crippen MR) is 113 cm³/mol. The lowest BCUT2D eigenvalue weighted by atomic mass is 10.2. The molecule has 1 aromatic carbocycles. The van der Waals surface area contributed by atoms with Crippen LogP contribution in [0.5, 0.6) is 0 Å². The Labute approximate surface area is 177 Å². The zero-order chi connectivity index (χ0) is 21.1. The van der Waals surface area contributed by atoms with Gasteiger partial charge in [-0.3, -0.25) is 4.90 Å². The van der Waals surface area contributed by atoms with Crippen LogP contribution in [0, 0.1) is 0 Å². The highest BCUT2D eigenvalue weighted by molar-refractivity contribution is 7.90. The van der Waals surface area contributed by atoms with Crippen LogP contribution in [0.15, 0.2) is 54.1 Å². The molecule has 9 heteroatoms. The summed E-state index contributed by atoms with van der Waals surface area (Å²) in [6, 6.07) is 10.1. The smallest absolute Gasteiger partial charge is 0.227 e. The van der Waals surface area contributed by atoms with E-state index in [2.05, 4.69) is 27.1 Å². The summed E-state index contributed by atoms with van der Waals surface area (Å²) < 4.78 is 33.8. The third kappa shape index (κ3) is 4.80. The molecule has 0 spiro atoms. The average molecular weight is 430 g/mol. The number of aromatic nitrogens is 4. The van der Waals surface area contributed by atoms with Crippen molar-refractivity contribution in [3.05, 3.63) is 60.2 Å². The highest BCUT2D eigenvalue weighted by atomic mass is 32.2. The lowest BCUT2D eigenvalue weighted by molar-refractivity contribution is 0.0934. The summed E-state index contributed by atoms with van der Waals surface area (Å²) in [5.41, 5.74) is 3.06. The maximum Gasteiger partial charge on any atom is 0.227 e. The fraction of sp³-hybridized carbons (Fsp3) is 0.429. The molecule has 0 radical (unpaired) electrons. The first-order valence-corrected chi connectivity index (χ1v) is 11.9. The highest BCUT2D eigenvalue weighted by Gasteiger charge is 2.24. The zero-order valence-electron chi connectivity index (χ0n) is 17.3. The predicted octanol–water partition coefficient (Wildman–Crippen LogP) is 2.28. The van der Waals surface area contributed by atoms with Crippen molar-refractivity contribution < 1.29 is 13.2 Å². The van der Waals surface area contributed by atoms with Gasteiger partial charge in [0.1, 0.15) is 0 Å². The van der Waals surface area contributed by atoms with Crippen LogP contribution >= 0.6 is 0 Å². The minimum Gasteiger partial charge on any atom is -0.376 e. The van der Waals surface area contributed by atoms with Crippen molar-refractivity contribution in [1.29, 1.82) is 0 Å². The summed E-state index contributed by atoms with van der Waals surface area (Å²) in [5.74, 6) is 0. The summed E-state index contributed by atoms with van der Waals surface area (Å²) in [5, 5.41) is 4.36. The van der Waals surface area contributed by atoms with E-state index in [9.17, 15) is 8.42 Å². The van der Waals surface area contributed by atoms with E-state index >= 15 is 0 Å². The Morgan fingerprint density at radius 3 is 2.67 bits per heavy atom. The molecule has 3 heterocycles. The molecular formula is C21H27N5O3S. The Morgan fingerprint density at radius 1 is 1.23 bits per heavy atom. The van der Waals surface area contributed by atoms with Gasteiger partial charge in [0.2, 0.25) is 15.0 Å². The standard InChI is InChI=1S/C21H27N5O3S/c1-24(14-17-6-8-18(9-7-17)26-11-4-10-23-26)15-19-13-22-21(30(2,27)28)25(19)16-20-5-3-12-29-20/h4,6-11,13,20H,3,5,12,14-16H2,1-2H3/t20-/m0/s1. The SMILES string of the molecule is CN(Cc1ccc(-n2cccn2)cc1)Cc1cnc(S(C)(=O)=O)n1C[C@@H]1CCCO1. The van der Waals surface area contributed by atoms with E-state index in [1.54, 1.807) is 12.4 Å². The van der Waals surface area contributed by atoms with Crippen LogP contribution in [0.1, 0.15) is 24.1 Å². The molecule has 0 N–H and O–H groups in total. The maximum atomic E-state index is 12.2. The normalized spacial score (nSPS) is 17.1. The fourth-order valence-electron chi connectivity index (χ4n) is 3.82. The molecule has 4 rings (SSSR count). The Hall–Kier alpha value is -2.49. The van der Waals surface area contributed by atoms with Crippen molar-refractivity contribution in [3.8, 4) is 5.69 Å². The Kier molecular flexibility index (Phi) is 6.03. The lowest BCUT2D eigenvalue weighted by Gasteiger charge is -2.20. The van der Waals surface area contributed by atoms with E-state index in [1.807, 2.05) is 40.7 Å². The quantitative estimate of drug-likeness (QED) is 0.546. The van der Waals surface area contributed by atoms with Crippen LogP contribution in [0.4, 0.5) is 0 Å². The number of ether oxygens (including phenoxy) is 1. The number of benzene rings is 1. The van der Waals surface area contributed by atoms with Gasteiger partial charge in [0.15, 0.2) is 0 Å². The first kappa shape index (κ1) is 20.8.